The predicted octanol–water partition coefficient (Wildman–Crippen LogP) is 6.51. The summed E-state index contributed by atoms with van der Waals surface area (Å²) in [6, 6.07) is 28.9. The molecule has 0 aliphatic carbocycles. The second-order valence-corrected chi connectivity index (χ2v) is 12.1. The summed E-state index contributed by atoms with van der Waals surface area (Å²) in [7, 11) is 1.59. The zero-order valence-electron chi connectivity index (χ0n) is 26.0. The number of benzene rings is 4. The first-order valence-electron chi connectivity index (χ1n) is 15.0. The summed E-state index contributed by atoms with van der Waals surface area (Å²) in [6.07, 6.45) is 1.80. The van der Waals surface area contributed by atoms with Crippen LogP contribution in [0.2, 0.25) is 5.02 Å². The number of allylic oxidation sites excluding steroid dienone is 1. The van der Waals surface area contributed by atoms with Crippen molar-refractivity contribution in [1.29, 1.82) is 0 Å². The number of carbonyl (C=O) groups excluding carboxylic acids is 1. The first-order valence-corrected chi connectivity index (χ1v) is 16.2. The van der Waals surface area contributed by atoms with E-state index >= 15 is 0 Å². The number of hydrogen-bond donors (Lipinski definition) is 1. The normalized spacial score (nSPS) is 14.3. The maximum Gasteiger partial charge on any atom is 0.271 e. The van der Waals surface area contributed by atoms with E-state index in [1.54, 1.807) is 24.7 Å². The third kappa shape index (κ3) is 6.86. The molecular weight excluding hydrogens is 634 g/mol. The minimum atomic E-state index is -0.706. The van der Waals surface area contributed by atoms with E-state index in [0.717, 1.165) is 16.7 Å². The lowest BCUT2D eigenvalue weighted by Gasteiger charge is -2.25. The van der Waals surface area contributed by atoms with Gasteiger partial charge in [0.05, 0.1) is 35.6 Å². The zero-order chi connectivity index (χ0) is 32.9. The Balaban J connectivity index is 1.39. The van der Waals surface area contributed by atoms with Crippen molar-refractivity contribution in [3.8, 4) is 17.2 Å². The zero-order valence-corrected chi connectivity index (χ0v) is 27.6. The number of thiazole rings is 1. The molecule has 1 amide bonds. The van der Waals surface area contributed by atoms with Crippen LogP contribution in [0.1, 0.15) is 36.6 Å². The largest absolute Gasteiger partial charge is 0.497 e. The molecule has 1 N–H and O–H groups in total. The van der Waals surface area contributed by atoms with Gasteiger partial charge in [0.25, 0.3) is 11.5 Å². The van der Waals surface area contributed by atoms with E-state index in [-0.39, 0.29) is 18.1 Å². The highest BCUT2D eigenvalue weighted by Gasteiger charge is 2.32. The van der Waals surface area contributed by atoms with Crippen LogP contribution in [0.5, 0.6) is 17.2 Å². The maximum atomic E-state index is 14.2. The van der Waals surface area contributed by atoms with Crippen LogP contribution in [-0.4, -0.2) is 24.2 Å². The van der Waals surface area contributed by atoms with Crippen molar-refractivity contribution in [2.24, 2.45) is 4.99 Å². The van der Waals surface area contributed by atoms with Crippen LogP contribution in [0, 0.1) is 0 Å². The van der Waals surface area contributed by atoms with Gasteiger partial charge in [0, 0.05) is 16.3 Å². The highest BCUT2D eigenvalue weighted by molar-refractivity contribution is 7.07. The second kappa shape index (κ2) is 14.1. The van der Waals surface area contributed by atoms with Crippen LogP contribution in [0.4, 0.5) is 5.69 Å². The van der Waals surface area contributed by atoms with Gasteiger partial charge in [-0.1, -0.05) is 77.5 Å². The van der Waals surface area contributed by atoms with E-state index in [2.05, 4.69) is 5.32 Å². The van der Waals surface area contributed by atoms with Gasteiger partial charge in [0.15, 0.2) is 16.3 Å². The number of nitrogens with one attached hydrogen (secondary N) is 1. The van der Waals surface area contributed by atoms with Crippen LogP contribution >= 0.6 is 22.9 Å². The number of hydrogen-bond acceptors (Lipinski definition) is 7. The van der Waals surface area contributed by atoms with Gasteiger partial charge in [-0.15, -0.1) is 0 Å². The number of methoxy groups -OCH3 is 1. The SMILES string of the molecule is CCOc1cc(/C=c2/sc3n(c2=O)[C@H](c2ccc(OC)cc2)C(C(=O)Nc2ccccc2)=C(C)N=3)ccc1OCc1ccccc1Cl. The van der Waals surface area contributed by atoms with Crippen molar-refractivity contribution in [3.63, 3.8) is 0 Å². The van der Waals surface area contributed by atoms with Gasteiger partial charge in [-0.25, -0.2) is 4.99 Å². The molecule has 5 aromatic rings. The van der Waals surface area contributed by atoms with Crippen molar-refractivity contribution in [3.05, 3.63) is 150 Å². The number of anilines is 1. The summed E-state index contributed by atoms with van der Waals surface area (Å²) in [6.45, 7) is 4.41. The van der Waals surface area contributed by atoms with Gasteiger partial charge in [0.2, 0.25) is 0 Å². The van der Waals surface area contributed by atoms with Crippen LogP contribution in [0.3, 0.4) is 0 Å². The van der Waals surface area contributed by atoms with Gasteiger partial charge < -0.3 is 19.5 Å². The monoisotopic (exact) mass is 665 g/mol. The summed E-state index contributed by atoms with van der Waals surface area (Å²) < 4.78 is 19.4. The Morgan fingerprint density at radius 3 is 2.45 bits per heavy atom. The molecule has 1 aromatic heterocycles. The average molecular weight is 666 g/mol. The predicted molar refractivity (Wildman–Crippen MR) is 185 cm³/mol. The Morgan fingerprint density at radius 1 is 0.979 bits per heavy atom. The third-order valence-electron chi connectivity index (χ3n) is 7.64. The molecule has 1 aliphatic heterocycles. The summed E-state index contributed by atoms with van der Waals surface area (Å²) in [5.41, 5.74) is 3.67. The van der Waals surface area contributed by atoms with Gasteiger partial charge in [-0.2, -0.15) is 0 Å². The lowest BCUT2D eigenvalue weighted by atomic mass is 9.95. The van der Waals surface area contributed by atoms with Gasteiger partial charge in [-0.05, 0) is 73.5 Å². The molecule has 4 aromatic carbocycles. The smallest absolute Gasteiger partial charge is 0.271 e. The fourth-order valence-electron chi connectivity index (χ4n) is 5.36. The molecule has 1 atom stereocenters. The van der Waals surface area contributed by atoms with Crippen molar-refractivity contribution in [1.82, 2.24) is 4.57 Å². The van der Waals surface area contributed by atoms with Crippen LogP contribution in [0.15, 0.2) is 118 Å². The number of ether oxygens (including phenoxy) is 3. The highest BCUT2D eigenvalue weighted by atomic mass is 35.5. The molecular formula is C37H32ClN3O5S. The van der Waals surface area contributed by atoms with Crippen molar-refractivity contribution >= 4 is 40.6 Å². The Labute approximate surface area is 280 Å². The average Bonchev–Trinajstić information content (AvgIpc) is 3.38. The lowest BCUT2D eigenvalue weighted by molar-refractivity contribution is -0.113. The van der Waals surface area contributed by atoms with Gasteiger partial charge in [-0.3, -0.25) is 14.2 Å². The molecule has 1 aliphatic rings. The van der Waals surface area contributed by atoms with Crippen molar-refractivity contribution in [2.75, 3.05) is 19.0 Å². The summed E-state index contributed by atoms with van der Waals surface area (Å²) in [5.74, 6) is 1.45. The van der Waals surface area contributed by atoms with Crippen molar-refractivity contribution in [2.45, 2.75) is 26.5 Å². The molecule has 0 fully saturated rings. The number of carbonyl (C=O) groups is 1. The molecule has 6 rings (SSSR count). The number of rotatable bonds is 10. The lowest BCUT2D eigenvalue weighted by Crippen LogP contribution is -2.40. The van der Waals surface area contributed by atoms with Crippen LogP contribution < -0.4 is 34.4 Å². The number of halogens is 1. The molecule has 8 nitrogen and oxygen atoms in total. The van der Waals surface area contributed by atoms with Crippen LogP contribution in [0.25, 0.3) is 6.08 Å². The Kier molecular flexibility index (Phi) is 9.56. The maximum absolute atomic E-state index is 14.2. The molecule has 0 saturated carbocycles. The number of para-hydroxylation sites is 1. The number of fused-ring (bicyclic) bond motifs is 1. The first kappa shape index (κ1) is 31.8. The Hall–Kier alpha value is -5.12. The summed E-state index contributed by atoms with van der Waals surface area (Å²) >= 11 is 7.58. The van der Waals surface area contributed by atoms with E-state index in [9.17, 15) is 9.59 Å². The molecule has 0 radical (unpaired) electrons. The van der Waals surface area contributed by atoms with E-state index in [1.807, 2.05) is 104 Å². The van der Waals surface area contributed by atoms with E-state index in [0.29, 0.717) is 55.2 Å². The quantitative estimate of drug-likeness (QED) is 0.184. The molecule has 238 valence electrons. The molecule has 0 spiro atoms. The Bertz CT molecular complexity index is 2140. The standard InChI is InChI=1S/C37H32ClN3O5S/c1-4-45-31-20-24(14-19-30(31)46-22-26-10-8-9-13-29(26)38)21-32-36(43)41-34(25-15-17-28(44-3)18-16-25)33(23(2)39-37(41)47-32)35(42)40-27-11-6-5-7-12-27/h5-21,34H,4,22H2,1-3H3,(H,40,42)/b32-21+/t34-/m1/s1. The molecule has 0 unspecified atom stereocenters. The number of amides is 1. The van der Waals surface area contributed by atoms with Crippen LogP contribution in [-0.2, 0) is 11.4 Å². The summed E-state index contributed by atoms with van der Waals surface area (Å²) in [4.78, 5) is 33.2. The molecule has 2 heterocycles. The van der Waals surface area contributed by atoms with E-state index < -0.39 is 6.04 Å². The third-order valence-corrected chi connectivity index (χ3v) is 8.99. The van der Waals surface area contributed by atoms with Crippen molar-refractivity contribution < 1.29 is 19.0 Å². The highest BCUT2D eigenvalue weighted by Crippen LogP contribution is 2.33. The molecule has 0 saturated heterocycles. The Morgan fingerprint density at radius 2 is 1.72 bits per heavy atom. The fourth-order valence-corrected chi connectivity index (χ4v) is 6.59. The number of nitrogens with zero attached hydrogens (tertiary/aromatic N) is 2. The van der Waals surface area contributed by atoms with Gasteiger partial charge >= 0.3 is 0 Å². The fraction of sp³-hybridized carbons (Fsp3) is 0.162. The number of aromatic nitrogens is 1. The topological polar surface area (TPSA) is 91.2 Å². The van der Waals surface area contributed by atoms with E-state index in [1.165, 1.54) is 11.3 Å². The van der Waals surface area contributed by atoms with E-state index in [4.69, 9.17) is 30.8 Å². The molecule has 10 heteroatoms. The molecule has 0 bridgehead atoms. The minimum absolute atomic E-state index is 0.260. The molecule has 47 heavy (non-hydrogen) atoms. The van der Waals surface area contributed by atoms with Gasteiger partial charge in [0.1, 0.15) is 12.4 Å². The minimum Gasteiger partial charge on any atom is -0.497 e. The first-order chi connectivity index (χ1) is 22.9. The second-order valence-electron chi connectivity index (χ2n) is 10.7. The summed E-state index contributed by atoms with van der Waals surface area (Å²) in [5, 5.41) is 3.60.